The molecule has 0 bridgehead atoms. The average Bonchev–Trinajstić information content (AvgIpc) is 2.90. The first-order valence-electron chi connectivity index (χ1n) is 6.47. The second kappa shape index (κ2) is 5.61. The molecule has 21 heavy (non-hydrogen) atoms. The van der Waals surface area contributed by atoms with E-state index < -0.39 is 5.97 Å². The zero-order valence-corrected chi connectivity index (χ0v) is 11.9. The van der Waals surface area contributed by atoms with Crippen LogP contribution in [0.2, 0.25) is 0 Å². The minimum Gasteiger partial charge on any atom is -0.545 e. The number of carboxylic acids is 1. The number of anilines is 1. The van der Waals surface area contributed by atoms with Crippen LogP contribution in [0.1, 0.15) is 21.3 Å². The summed E-state index contributed by atoms with van der Waals surface area (Å²) in [4.78, 5) is 24.8. The Balaban J connectivity index is 2.00. The summed E-state index contributed by atoms with van der Waals surface area (Å²) in [7, 11) is 0. The molecule has 3 rings (SSSR count). The SMILES string of the molecule is O=C([O-])c1cccc(N2C(=O)CS[C@H]2c2ccccc2)c1. The van der Waals surface area contributed by atoms with E-state index in [0.717, 1.165) is 5.56 Å². The molecule has 0 radical (unpaired) electrons. The number of carbonyl (C=O) groups excluding carboxylic acids is 2. The lowest BCUT2D eigenvalue weighted by Crippen LogP contribution is -2.28. The van der Waals surface area contributed by atoms with Crippen molar-refractivity contribution in [3.05, 3.63) is 65.7 Å². The van der Waals surface area contributed by atoms with E-state index in [4.69, 9.17) is 0 Å². The molecular formula is C16H12NO3S-. The molecule has 1 aliphatic heterocycles. The van der Waals surface area contributed by atoms with Crippen molar-refractivity contribution in [3.63, 3.8) is 0 Å². The van der Waals surface area contributed by atoms with Crippen molar-refractivity contribution < 1.29 is 14.7 Å². The highest BCUT2D eigenvalue weighted by Crippen LogP contribution is 2.41. The Bertz CT molecular complexity index is 687. The summed E-state index contributed by atoms with van der Waals surface area (Å²) in [5.74, 6) is -0.883. The monoisotopic (exact) mass is 298 g/mol. The van der Waals surface area contributed by atoms with Crippen molar-refractivity contribution in [1.82, 2.24) is 0 Å². The summed E-state index contributed by atoms with van der Waals surface area (Å²) in [5, 5.41) is 10.9. The standard InChI is InChI=1S/C16H13NO3S/c18-14-10-21-15(11-5-2-1-3-6-11)17(14)13-8-4-7-12(9-13)16(19)20/h1-9,15H,10H2,(H,19,20)/p-1/t15-/m0/s1. The van der Waals surface area contributed by atoms with E-state index in [-0.39, 0.29) is 16.8 Å². The van der Waals surface area contributed by atoms with Gasteiger partial charge in [0.15, 0.2) is 0 Å². The second-order valence-electron chi connectivity index (χ2n) is 4.68. The van der Waals surface area contributed by atoms with E-state index in [2.05, 4.69) is 0 Å². The van der Waals surface area contributed by atoms with Gasteiger partial charge in [-0.2, -0.15) is 0 Å². The van der Waals surface area contributed by atoms with Gasteiger partial charge in [0.25, 0.3) is 0 Å². The molecule has 0 N–H and O–H groups in total. The Kier molecular flexibility index (Phi) is 3.66. The smallest absolute Gasteiger partial charge is 0.238 e. The summed E-state index contributed by atoms with van der Waals surface area (Å²) < 4.78 is 0. The van der Waals surface area contributed by atoms with Crippen molar-refractivity contribution in [2.75, 3.05) is 10.7 Å². The number of amides is 1. The summed E-state index contributed by atoms with van der Waals surface area (Å²) in [6.45, 7) is 0. The van der Waals surface area contributed by atoms with E-state index in [1.165, 1.54) is 23.9 Å². The van der Waals surface area contributed by atoms with Crippen LogP contribution in [-0.2, 0) is 4.79 Å². The number of hydrogen-bond donors (Lipinski definition) is 0. The molecule has 0 unspecified atom stereocenters. The van der Waals surface area contributed by atoms with E-state index in [0.29, 0.717) is 11.4 Å². The molecule has 0 spiro atoms. The number of aromatic carboxylic acids is 1. The van der Waals surface area contributed by atoms with Crippen LogP contribution in [0.5, 0.6) is 0 Å². The van der Waals surface area contributed by atoms with Crippen LogP contribution in [0.3, 0.4) is 0 Å². The highest BCUT2D eigenvalue weighted by molar-refractivity contribution is 8.00. The number of hydrogen-bond acceptors (Lipinski definition) is 4. The lowest BCUT2D eigenvalue weighted by Gasteiger charge is -2.25. The van der Waals surface area contributed by atoms with E-state index in [9.17, 15) is 14.7 Å². The predicted molar refractivity (Wildman–Crippen MR) is 79.9 cm³/mol. The van der Waals surface area contributed by atoms with E-state index >= 15 is 0 Å². The van der Waals surface area contributed by atoms with Gasteiger partial charge in [-0.15, -0.1) is 11.8 Å². The molecule has 1 amide bonds. The molecule has 0 saturated carbocycles. The van der Waals surface area contributed by atoms with Gasteiger partial charge < -0.3 is 9.90 Å². The third-order valence-electron chi connectivity index (χ3n) is 3.31. The highest BCUT2D eigenvalue weighted by atomic mass is 32.2. The van der Waals surface area contributed by atoms with Crippen LogP contribution in [0.15, 0.2) is 54.6 Å². The molecule has 0 aliphatic carbocycles. The molecule has 106 valence electrons. The molecule has 1 atom stereocenters. The van der Waals surface area contributed by atoms with E-state index in [1.807, 2.05) is 30.3 Å². The van der Waals surface area contributed by atoms with Crippen molar-refractivity contribution >= 4 is 29.3 Å². The Morgan fingerprint density at radius 1 is 1.14 bits per heavy atom. The van der Waals surface area contributed by atoms with Gasteiger partial charge in [-0.3, -0.25) is 9.69 Å². The third-order valence-corrected chi connectivity index (χ3v) is 4.52. The minimum absolute atomic E-state index is 0.0237. The fourth-order valence-electron chi connectivity index (χ4n) is 2.35. The molecule has 0 aromatic heterocycles. The molecule has 4 nitrogen and oxygen atoms in total. The largest absolute Gasteiger partial charge is 0.545 e. The number of carbonyl (C=O) groups is 2. The fraction of sp³-hybridized carbons (Fsp3) is 0.125. The molecule has 2 aromatic rings. The Morgan fingerprint density at radius 3 is 2.62 bits per heavy atom. The minimum atomic E-state index is -1.24. The lowest BCUT2D eigenvalue weighted by molar-refractivity contribution is -0.255. The van der Waals surface area contributed by atoms with Gasteiger partial charge in [0, 0.05) is 5.69 Å². The third kappa shape index (κ3) is 2.64. The summed E-state index contributed by atoms with van der Waals surface area (Å²) in [6.07, 6.45) is 0. The number of rotatable bonds is 3. The first-order valence-corrected chi connectivity index (χ1v) is 7.52. The van der Waals surface area contributed by atoms with Crippen LogP contribution in [0.4, 0.5) is 5.69 Å². The Morgan fingerprint density at radius 2 is 1.90 bits per heavy atom. The van der Waals surface area contributed by atoms with Gasteiger partial charge in [0.05, 0.1) is 11.7 Å². The Labute approximate surface area is 126 Å². The quantitative estimate of drug-likeness (QED) is 0.867. The molecule has 1 aliphatic rings. The fourth-order valence-corrected chi connectivity index (χ4v) is 3.53. The Hall–Kier alpha value is -2.27. The second-order valence-corrected chi connectivity index (χ2v) is 5.74. The highest BCUT2D eigenvalue weighted by Gasteiger charge is 2.33. The number of thioether (sulfide) groups is 1. The van der Waals surface area contributed by atoms with E-state index in [1.54, 1.807) is 17.0 Å². The van der Waals surface area contributed by atoms with Crippen molar-refractivity contribution in [1.29, 1.82) is 0 Å². The number of nitrogens with zero attached hydrogens (tertiary/aromatic N) is 1. The van der Waals surface area contributed by atoms with Crippen LogP contribution in [-0.4, -0.2) is 17.6 Å². The van der Waals surface area contributed by atoms with Gasteiger partial charge in [-0.25, -0.2) is 0 Å². The van der Waals surface area contributed by atoms with Gasteiger partial charge >= 0.3 is 0 Å². The van der Waals surface area contributed by atoms with Crippen molar-refractivity contribution in [3.8, 4) is 0 Å². The number of carboxylic acid groups (broad SMARTS) is 1. The van der Waals surface area contributed by atoms with Gasteiger partial charge in [0.1, 0.15) is 5.37 Å². The van der Waals surface area contributed by atoms with Crippen LogP contribution >= 0.6 is 11.8 Å². The maximum absolute atomic E-state index is 12.2. The lowest BCUT2D eigenvalue weighted by atomic mass is 10.1. The van der Waals surface area contributed by atoms with Gasteiger partial charge in [-0.1, -0.05) is 42.5 Å². The van der Waals surface area contributed by atoms with Crippen molar-refractivity contribution in [2.24, 2.45) is 0 Å². The summed E-state index contributed by atoms with van der Waals surface area (Å²) >= 11 is 1.53. The van der Waals surface area contributed by atoms with Gasteiger partial charge in [0.2, 0.25) is 5.91 Å². The number of benzene rings is 2. The van der Waals surface area contributed by atoms with Crippen molar-refractivity contribution in [2.45, 2.75) is 5.37 Å². The molecule has 1 heterocycles. The summed E-state index contributed by atoms with van der Waals surface area (Å²) in [5.41, 5.74) is 1.68. The van der Waals surface area contributed by atoms with Crippen LogP contribution in [0, 0.1) is 0 Å². The normalized spacial score (nSPS) is 18.0. The van der Waals surface area contributed by atoms with Crippen LogP contribution in [0.25, 0.3) is 0 Å². The zero-order chi connectivity index (χ0) is 14.8. The summed E-state index contributed by atoms with van der Waals surface area (Å²) in [6, 6.07) is 16.0. The van der Waals surface area contributed by atoms with Gasteiger partial charge in [-0.05, 0) is 23.3 Å². The van der Waals surface area contributed by atoms with Crippen LogP contribution < -0.4 is 10.0 Å². The molecule has 1 fully saturated rings. The first kappa shape index (κ1) is 13.7. The molecule has 5 heteroatoms. The molecule has 1 saturated heterocycles. The maximum Gasteiger partial charge on any atom is 0.238 e. The topological polar surface area (TPSA) is 60.4 Å². The molecular weight excluding hydrogens is 286 g/mol. The first-order chi connectivity index (χ1) is 10.2. The average molecular weight is 298 g/mol. The predicted octanol–water partition coefficient (Wildman–Crippen LogP) is 1.83. The maximum atomic E-state index is 12.2. The molecule has 2 aromatic carbocycles. The zero-order valence-electron chi connectivity index (χ0n) is 11.1.